The minimum absolute atomic E-state index is 0.0678. The molecule has 4 heteroatoms. The molecule has 82 valence electrons. The maximum Gasteiger partial charge on any atom is 0.145 e. The van der Waals surface area contributed by atoms with E-state index < -0.39 is 0 Å². The van der Waals surface area contributed by atoms with Crippen molar-refractivity contribution >= 4 is 5.69 Å². The van der Waals surface area contributed by atoms with Crippen LogP contribution in [-0.4, -0.2) is 18.2 Å². The van der Waals surface area contributed by atoms with Crippen molar-refractivity contribution in [2.45, 2.75) is 32.0 Å². The minimum Gasteiger partial charge on any atom is -0.488 e. The molecule has 1 aromatic heterocycles. The van der Waals surface area contributed by atoms with E-state index in [0.29, 0.717) is 11.8 Å². The molecule has 0 bridgehead atoms. The Morgan fingerprint density at radius 3 is 2.80 bits per heavy atom. The molecule has 15 heavy (non-hydrogen) atoms. The normalized spacial score (nSPS) is 17.5. The summed E-state index contributed by atoms with van der Waals surface area (Å²) in [6.45, 7) is 1.95. The van der Waals surface area contributed by atoms with Crippen molar-refractivity contribution in [3.05, 3.63) is 18.0 Å². The fraction of sp³-hybridized carbons (Fsp3) is 0.545. The van der Waals surface area contributed by atoms with E-state index in [2.05, 4.69) is 4.98 Å². The predicted octanol–water partition coefficient (Wildman–Crippen LogP) is 1.91. The third-order valence-corrected chi connectivity index (χ3v) is 2.56. The average Bonchev–Trinajstić information content (AvgIpc) is 3.01. The largest absolute Gasteiger partial charge is 0.488 e. The van der Waals surface area contributed by atoms with Gasteiger partial charge >= 0.3 is 0 Å². The number of anilines is 1. The van der Waals surface area contributed by atoms with Gasteiger partial charge in [-0.2, -0.15) is 0 Å². The van der Waals surface area contributed by atoms with Gasteiger partial charge < -0.3 is 15.2 Å². The molecule has 0 amide bonds. The highest BCUT2D eigenvalue weighted by atomic mass is 16.5. The average molecular weight is 208 g/mol. The summed E-state index contributed by atoms with van der Waals surface area (Å²) < 4.78 is 11.0. The molecule has 1 atom stereocenters. The molecule has 2 rings (SSSR count). The summed E-state index contributed by atoms with van der Waals surface area (Å²) in [5.41, 5.74) is 7.40. The highest BCUT2D eigenvalue weighted by molar-refractivity contribution is 5.53. The van der Waals surface area contributed by atoms with Gasteiger partial charge in [-0.3, -0.25) is 4.98 Å². The molecule has 0 saturated heterocycles. The lowest BCUT2D eigenvalue weighted by molar-refractivity contribution is 0.116. The molecule has 0 aliphatic heterocycles. The fourth-order valence-electron chi connectivity index (χ4n) is 1.48. The summed E-state index contributed by atoms with van der Waals surface area (Å²) >= 11 is 0. The molecule has 1 saturated carbocycles. The van der Waals surface area contributed by atoms with E-state index >= 15 is 0 Å². The van der Waals surface area contributed by atoms with Gasteiger partial charge in [0.1, 0.15) is 5.75 Å². The van der Waals surface area contributed by atoms with E-state index in [1.165, 1.54) is 0 Å². The molecule has 0 aromatic carbocycles. The molecule has 1 heterocycles. The zero-order chi connectivity index (χ0) is 10.8. The second-order valence-electron chi connectivity index (χ2n) is 3.84. The summed E-state index contributed by atoms with van der Waals surface area (Å²) in [5, 5.41) is 0. The van der Waals surface area contributed by atoms with Crippen LogP contribution in [0.1, 0.15) is 31.4 Å². The summed E-state index contributed by atoms with van der Waals surface area (Å²) in [5.74, 6) is 0.756. The maximum atomic E-state index is 5.87. The van der Waals surface area contributed by atoms with Gasteiger partial charge in [0.15, 0.2) is 0 Å². The number of ether oxygens (including phenoxy) is 2. The second-order valence-corrected chi connectivity index (χ2v) is 3.84. The van der Waals surface area contributed by atoms with Crippen molar-refractivity contribution in [1.82, 2.24) is 4.98 Å². The first-order chi connectivity index (χ1) is 7.22. The van der Waals surface area contributed by atoms with Gasteiger partial charge in [0.05, 0.1) is 30.3 Å². The lowest BCUT2D eigenvalue weighted by atomic mass is 10.1. The van der Waals surface area contributed by atoms with E-state index in [-0.39, 0.29) is 6.10 Å². The Balaban J connectivity index is 2.29. The number of aromatic nitrogens is 1. The van der Waals surface area contributed by atoms with Crippen LogP contribution in [0.3, 0.4) is 0 Å². The molecular formula is C11H16N2O2. The summed E-state index contributed by atoms with van der Waals surface area (Å²) in [6.07, 6.45) is 5.85. The first-order valence-corrected chi connectivity index (χ1v) is 5.15. The summed E-state index contributed by atoms with van der Waals surface area (Å²) in [6, 6.07) is 0. The lowest BCUT2D eigenvalue weighted by Crippen LogP contribution is -2.07. The number of nitrogen functional groups attached to an aromatic ring is 1. The van der Waals surface area contributed by atoms with E-state index in [9.17, 15) is 0 Å². The van der Waals surface area contributed by atoms with Crippen molar-refractivity contribution in [3.8, 4) is 5.75 Å². The zero-order valence-electron chi connectivity index (χ0n) is 9.06. The van der Waals surface area contributed by atoms with Gasteiger partial charge in [0.25, 0.3) is 0 Å². The van der Waals surface area contributed by atoms with Crippen molar-refractivity contribution in [1.29, 1.82) is 0 Å². The first-order valence-electron chi connectivity index (χ1n) is 5.15. The highest BCUT2D eigenvalue weighted by Crippen LogP contribution is 2.35. The zero-order valence-corrected chi connectivity index (χ0v) is 9.06. The Bertz CT molecular complexity index is 350. The number of pyridine rings is 1. The van der Waals surface area contributed by atoms with E-state index in [1.807, 2.05) is 6.92 Å². The first kappa shape index (κ1) is 10.2. The van der Waals surface area contributed by atoms with E-state index in [4.69, 9.17) is 15.2 Å². The van der Waals surface area contributed by atoms with Gasteiger partial charge in [0, 0.05) is 12.7 Å². The second kappa shape index (κ2) is 4.06. The van der Waals surface area contributed by atoms with Crippen LogP contribution in [0.4, 0.5) is 5.69 Å². The molecule has 4 nitrogen and oxygen atoms in total. The Morgan fingerprint density at radius 1 is 1.47 bits per heavy atom. The predicted molar refractivity (Wildman–Crippen MR) is 57.7 cm³/mol. The van der Waals surface area contributed by atoms with Gasteiger partial charge in [-0.25, -0.2) is 0 Å². The molecule has 1 aromatic rings. The Morgan fingerprint density at radius 2 is 2.20 bits per heavy atom. The van der Waals surface area contributed by atoms with Crippen molar-refractivity contribution < 1.29 is 9.47 Å². The number of hydrogen-bond acceptors (Lipinski definition) is 4. The Hall–Kier alpha value is -1.29. The molecule has 1 unspecified atom stereocenters. The molecule has 0 spiro atoms. The molecule has 1 fully saturated rings. The highest BCUT2D eigenvalue weighted by Gasteiger charge is 2.26. The molecule has 1 aliphatic rings. The molecule has 2 N–H and O–H groups in total. The molecule has 0 radical (unpaired) electrons. The quantitative estimate of drug-likeness (QED) is 0.821. The van der Waals surface area contributed by atoms with Crippen molar-refractivity contribution in [2.75, 3.05) is 12.8 Å². The fourth-order valence-corrected chi connectivity index (χ4v) is 1.48. The number of nitrogens with two attached hydrogens (primary N) is 1. The van der Waals surface area contributed by atoms with Crippen LogP contribution in [-0.2, 0) is 4.74 Å². The summed E-state index contributed by atoms with van der Waals surface area (Å²) in [4.78, 5) is 4.04. The molecule has 1 aliphatic carbocycles. The van der Waals surface area contributed by atoms with Crippen LogP contribution in [0, 0.1) is 0 Å². The number of nitrogens with zero attached hydrogens (tertiary/aromatic N) is 1. The monoisotopic (exact) mass is 208 g/mol. The number of methoxy groups -OCH3 is 1. The molecular weight excluding hydrogens is 192 g/mol. The third kappa shape index (κ3) is 2.21. The summed E-state index contributed by atoms with van der Waals surface area (Å²) in [7, 11) is 1.66. The smallest absolute Gasteiger partial charge is 0.145 e. The van der Waals surface area contributed by atoms with Crippen LogP contribution in [0.25, 0.3) is 0 Å². The minimum atomic E-state index is -0.0678. The van der Waals surface area contributed by atoms with Gasteiger partial charge in [-0.15, -0.1) is 0 Å². The Labute approximate surface area is 89.4 Å². The number of hydrogen-bond donors (Lipinski definition) is 1. The number of rotatable bonds is 4. The van der Waals surface area contributed by atoms with Crippen LogP contribution >= 0.6 is 0 Å². The maximum absolute atomic E-state index is 5.87. The Kier molecular flexibility index (Phi) is 2.77. The van der Waals surface area contributed by atoms with Crippen LogP contribution < -0.4 is 10.5 Å². The van der Waals surface area contributed by atoms with E-state index in [0.717, 1.165) is 24.2 Å². The van der Waals surface area contributed by atoms with Crippen LogP contribution in [0.15, 0.2) is 12.4 Å². The third-order valence-electron chi connectivity index (χ3n) is 2.56. The van der Waals surface area contributed by atoms with Crippen molar-refractivity contribution in [3.63, 3.8) is 0 Å². The standard InChI is InChI=1S/C11H16N2O2/c1-7(14-2)11-9(12)5-13-6-10(11)15-8-3-4-8/h5-8H,3-4,12H2,1-2H3. The van der Waals surface area contributed by atoms with E-state index in [1.54, 1.807) is 19.5 Å². The van der Waals surface area contributed by atoms with Crippen molar-refractivity contribution in [2.24, 2.45) is 0 Å². The van der Waals surface area contributed by atoms with Gasteiger partial charge in [-0.05, 0) is 19.8 Å². The van der Waals surface area contributed by atoms with Crippen LogP contribution in [0.2, 0.25) is 0 Å². The van der Waals surface area contributed by atoms with Crippen LogP contribution in [0.5, 0.6) is 5.75 Å². The topological polar surface area (TPSA) is 57.4 Å². The SMILES string of the molecule is COC(C)c1c(N)cncc1OC1CC1. The van der Waals surface area contributed by atoms with Gasteiger partial charge in [0.2, 0.25) is 0 Å². The van der Waals surface area contributed by atoms with Gasteiger partial charge in [-0.1, -0.05) is 0 Å². The lowest BCUT2D eigenvalue weighted by Gasteiger charge is -2.17.